The lowest BCUT2D eigenvalue weighted by Gasteiger charge is -2.12. The summed E-state index contributed by atoms with van der Waals surface area (Å²) >= 11 is 0. The van der Waals surface area contributed by atoms with Gasteiger partial charge in [0.25, 0.3) is 0 Å². The molecule has 0 aliphatic heterocycles. The van der Waals surface area contributed by atoms with Crippen molar-refractivity contribution in [2.45, 2.75) is 44.9 Å². The maximum absolute atomic E-state index is 11.7. The Hall–Kier alpha value is -1.29. The minimum absolute atomic E-state index is 0.0250. The molecule has 1 aliphatic carbocycles. The molecule has 0 spiro atoms. The van der Waals surface area contributed by atoms with E-state index in [0.717, 1.165) is 18.4 Å². The van der Waals surface area contributed by atoms with Crippen LogP contribution in [-0.4, -0.2) is 21.6 Å². The third-order valence-electron chi connectivity index (χ3n) is 3.04. The Morgan fingerprint density at radius 3 is 2.88 bits per heavy atom. The standard InChI is InChI=1S/C12H18N2O2/c15-9-10-5-6-14(7-10)8-12(16)13-11-3-1-2-4-11/h5-7,11,15H,1-4,8-9H2,(H,13,16). The largest absolute Gasteiger partial charge is 0.392 e. The predicted octanol–water partition coefficient (Wildman–Crippen LogP) is 1.04. The molecule has 1 aromatic rings. The molecule has 0 bridgehead atoms. The minimum Gasteiger partial charge on any atom is -0.392 e. The number of hydrogen-bond acceptors (Lipinski definition) is 2. The third-order valence-corrected chi connectivity index (χ3v) is 3.04. The van der Waals surface area contributed by atoms with Crippen molar-refractivity contribution in [2.24, 2.45) is 0 Å². The summed E-state index contributed by atoms with van der Waals surface area (Å²) in [5, 5.41) is 11.9. The van der Waals surface area contributed by atoms with Gasteiger partial charge in [-0.1, -0.05) is 12.8 Å². The van der Waals surface area contributed by atoms with Crippen molar-refractivity contribution < 1.29 is 9.90 Å². The summed E-state index contributed by atoms with van der Waals surface area (Å²) in [7, 11) is 0. The van der Waals surface area contributed by atoms with E-state index in [9.17, 15) is 4.79 Å². The Bertz CT molecular complexity index is 354. The summed E-state index contributed by atoms with van der Waals surface area (Å²) in [4.78, 5) is 11.7. The summed E-state index contributed by atoms with van der Waals surface area (Å²) < 4.78 is 1.80. The quantitative estimate of drug-likeness (QED) is 0.799. The van der Waals surface area contributed by atoms with Crippen molar-refractivity contribution in [1.29, 1.82) is 0 Å². The highest BCUT2D eigenvalue weighted by Gasteiger charge is 2.16. The van der Waals surface area contributed by atoms with Crippen LogP contribution < -0.4 is 5.32 Å². The highest BCUT2D eigenvalue weighted by Crippen LogP contribution is 2.17. The molecule has 0 unspecified atom stereocenters. The third kappa shape index (κ3) is 2.85. The minimum atomic E-state index is 0.0250. The van der Waals surface area contributed by atoms with Crippen molar-refractivity contribution in [3.05, 3.63) is 24.0 Å². The van der Waals surface area contributed by atoms with E-state index in [1.54, 1.807) is 10.8 Å². The van der Waals surface area contributed by atoms with Crippen molar-refractivity contribution in [1.82, 2.24) is 9.88 Å². The van der Waals surface area contributed by atoms with Crippen LogP contribution in [0.2, 0.25) is 0 Å². The molecule has 1 amide bonds. The Morgan fingerprint density at radius 1 is 1.50 bits per heavy atom. The molecule has 4 heteroatoms. The van der Waals surface area contributed by atoms with Crippen molar-refractivity contribution in [3.63, 3.8) is 0 Å². The SMILES string of the molecule is O=C(Cn1ccc(CO)c1)NC1CCCC1. The first kappa shape index (κ1) is 11.2. The van der Waals surface area contributed by atoms with E-state index < -0.39 is 0 Å². The van der Waals surface area contributed by atoms with Gasteiger partial charge in [-0.15, -0.1) is 0 Å². The van der Waals surface area contributed by atoms with Crippen LogP contribution in [0.15, 0.2) is 18.5 Å². The van der Waals surface area contributed by atoms with E-state index in [1.165, 1.54) is 12.8 Å². The zero-order valence-electron chi connectivity index (χ0n) is 9.35. The van der Waals surface area contributed by atoms with Crippen LogP contribution in [0.5, 0.6) is 0 Å². The maximum atomic E-state index is 11.7. The predicted molar refractivity (Wildman–Crippen MR) is 60.8 cm³/mol. The Kier molecular flexibility index (Phi) is 3.62. The van der Waals surface area contributed by atoms with E-state index in [1.807, 2.05) is 12.3 Å². The van der Waals surface area contributed by atoms with Crippen LogP contribution >= 0.6 is 0 Å². The van der Waals surface area contributed by atoms with Crippen molar-refractivity contribution in [2.75, 3.05) is 0 Å². The zero-order chi connectivity index (χ0) is 11.4. The number of aromatic nitrogens is 1. The smallest absolute Gasteiger partial charge is 0.240 e. The number of carbonyl (C=O) groups excluding carboxylic acids is 1. The lowest BCUT2D eigenvalue weighted by atomic mass is 10.2. The number of aliphatic hydroxyl groups excluding tert-OH is 1. The lowest BCUT2D eigenvalue weighted by molar-refractivity contribution is -0.122. The second-order valence-corrected chi connectivity index (χ2v) is 4.40. The summed E-state index contributed by atoms with van der Waals surface area (Å²) in [5.41, 5.74) is 0.841. The monoisotopic (exact) mass is 222 g/mol. The van der Waals surface area contributed by atoms with Gasteiger partial charge in [0.15, 0.2) is 0 Å². The Balaban J connectivity index is 1.81. The second kappa shape index (κ2) is 5.16. The highest BCUT2D eigenvalue weighted by molar-refractivity contribution is 5.76. The van der Waals surface area contributed by atoms with E-state index in [-0.39, 0.29) is 12.5 Å². The Morgan fingerprint density at radius 2 is 2.25 bits per heavy atom. The molecule has 2 N–H and O–H groups in total. The fourth-order valence-corrected chi connectivity index (χ4v) is 2.19. The van der Waals surface area contributed by atoms with E-state index >= 15 is 0 Å². The number of rotatable bonds is 4. The zero-order valence-corrected chi connectivity index (χ0v) is 9.35. The average Bonchev–Trinajstić information content (AvgIpc) is 2.89. The fraction of sp³-hybridized carbons (Fsp3) is 0.583. The molecule has 1 saturated carbocycles. The first-order valence-corrected chi connectivity index (χ1v) is 5.83. The molecule has 0 aromatic carbocycles. The number of nitrogens with zero attached hydrogens (tertiary/aromatic N) is 1. The average molecular weight is 222 g/mol. The van der Waals surface area contributed by atoms with E-state index in [0.29, 0.717) is 12.6 Å². The van der Waals surface area contributed by atoms with Crippen LogP contribution in [0, 0.1) is 0 Å². The molecular weight excluding hydrogens is 204 g/mol. The molecule has 0 saturated heterocycles. The molecule has 1 heterocycles. The molecule has 1 aliphatic rings. The summed E-state index contributed by atoms with van der Waals surface area (Å²) in [6, 6.07) is 2.20. The molecule has 0 radical (unpaired) electrons. The molecule has 1 aromatic heterocycles. The molecule has 1 fully saturated rings. The fourth-order valence-electron chi connectivity index (χ4n) is 2.19. The van der Waals surface area contributed by atoms with Crippen LogP contribution in [0.1, 0.15) is 31.2 Å². The number of aliphatic hydroxyl groups is 1. The highest BCUT2D eigenvalue weighted by atomic mass is 16.3. The van der Waals surface area contributed by atoms with Crippen LogP contribution in [0.25, 0.3) is 0 Å². The maximum Gasteiger partial charge on any atom is 0.240 e. The normalized spacial score (nSPS) is 16.6. The Labute approximate surface area is 95.3 Å². The van der Waals surface area contributed by atoms with Gasteiger partial charge in [0, 0.05) is 18.4 Å². The van der Waals surface area contributed by atoms with Gasteiger partial charge < -0.3 is 15.0 Å². The van der Waals surface area contributed by atoms with Gasteiger partial charge in [-0.25, -0.2) is 0 Å². The number of hydrogen-bond donors (Lipinski definition) is 2. The molecule has 88 valence electrons. The molecule has 0 atom stereocenters. The van der Waals surface area contributed by atoms with E-state index in [2.05, 4.69) is 5.32 Å². The first-order valence-electron chi connectivity index (χ1n) is 5.83. The summed E-state index contributed by atoms with van der Waals surface area (Å²) in [5.74, 6) is 0.0620. The van der Waals surface area contributed by atoms with Crippen molar-refractivity contribution >= 4 is 5.91 Å². The molecule has 16 heavy (non-hydrogen) atoms. The van der Waals surface area contributed by atoms with Crippen LogP contribution in [-0.2, 0) is 17.9 Å². The van der Waals surface area contributed by atoms with Crippen molar-refractivity contribution in [3.8, 4) is 0 Å². The van der Waals surface area contributed by atoms with Gasteiger partial charge in [0.05, 0.1) is 6.61 Å². The van der Waals surface area contributed by atoms with Gasteiger partial charge in [0.1, 0.15) is 6.54 Å². The first-order chi connectivity index (χ1) is 7.78. The van der Waals surface area contributed by atoms with Gasteiger partial charge in [0.2, 0.25) is 5.91 Å². The second-order valence-electron chi connectivity index (χ2n) is 4.40. The molecule has 4 nitrogen and oxygen atoms in total. The summed E-state index contributed by atoms with van der Waals surface area (Å²) in [6.07, 6.45) is 8.29. The topological polar surface area (TPSA) is 54.3 Å². The lowest BCUT2D eigenvalue weighted by Crippen LogP contribution is -2.34. The van der Waals surface area contributed by atoms with Gasteiger partial charge in [-0.2, -0.15) is 0 Å². The van der Waals surface area contributed by atoms with Crippen LogP contribution in [0.3, 0.4) is 0 Å². The van der Waals surface area contributed by atoms with Gasteiger partial charge in [-0.3, -0.25) is 4.79 Å². The molecule has 2 rings (SSSR count). The van der Waals surface area contributed by atoms with Crippen LogP contribution in [0.4, 0.5) is 0 Å². The van der Waals surface area contributed by atoms with Gasteiger partial charge >= 0.3 is 0 Å². The number of nitrogens with one attached hydrogen (secondary N) is 1. The van der Waals surface area contributed by atoms with E-state index in [4.69, 9.17) is 5.11 Å². The van der Waals surface area contributed by atoms with Gasteiger partial charge in [-0.05, 0) is 24.5 Å². The molecular formula is C12H18N2O2. The number of carbonyl (C=O) groups is 1. The summed E-state index contributed by atoms with van der Waals surface area (Å²) in [6.45, 7) is 0.369. The number of amides is 1.